The maximum atomic E-state index is 12.5. The third kappa shape index (κ3) is 3.10. The van der Waals surface area contributed by atoms with Crippen molar-refractivity contribution < 1.29 is 4.79 Å². The van der Waals surface area contributed by atoms with Gasteiger partial charge in [-0.2, -0.15) is 0 Å². The summed E-state index contributed by atoms with van der Waals surface area (Å²) >= 11 is 0. The van der Waals surface area contributed by atoms with Gasteiger partial charge >= 0.3 is 0 Å². The SMILES string of the molecule is Cc1cc(NC(=O)c2ccc(-n3cccc3)cc2)ccc1-n1cnnn1. The molecule has 2 aromatic carbocycles. The van der Waals surface area contributed by atoms with E-state index in [2.05, 4.69) is 20.8 Å². The molecule has 4 aromatic rings. The number of nitrogens with zero attached hydrogens (tertiary/aromatic N) is 5. The number of hydrogen-bond acceptors (Lipinski definition) is 4. The molecular weight excluding hydrogens is 328 g/mol. The van der Waals surface area contributed by atoms with Gasteiger partial charge in [0.15, 0.2) is 0 Å². The minimum absolute atomic E-state index is 0.154. The number of anilines is 1. The topological polar surface area (TPSA) is 77.6 Å². The molecule has 0 bridgehead atoms. The summed E-state index contributed by atoms with van der Waals surface area (Å²) < 4.78 is 3.57. The number of hydrogen-bond donors (Lipinski definition) is 1. The second kappa shape index (κ2) is 6.64. The summed E-state index contributed by atoms with van der Waals surface area (Å²) in [6, 6.07) is 17.0. The number of aryl methyl sites for hydroxylation is 1. The standard InChI is InChI=1S/C19H16N6O/c1-14-12-16(6-9-18(14)25-13-20-22-23-25)21-19(26)15-4-7-17(8-5-15)24-10-2-3-11-24/h2-13H,1H3,(H,21,26). The molecule has 4 rings (SSSR count). The number of amides is 1. The molecule has 1 amide bonds. The van der Waals surface area contributed by atoms with Gasteiger partial charge in [0.25, 0.3) is 5.91 Å². The molecule has 0 saturated carbocycles. The van der Waals surface area contributed by atoms with Crippen molar-refractivity contribution in [2.45, 2.75) is 6.92 Å². The highest BCUT2D eigenvalue weighted by Gasteiger charge is 2.09. The van der Waals surface area contributed by atoms with E-state index in [0.29, 0.717) is 5.56 Å². The Bertz CT molecular complexity index is 1020. The van der Waals surface area contributed by atoms with Crippen molar-refractivity contribution in [1.82, 2.24) is 24.8 Å². The van der Waals surface area contributed by atoms with Gasteiger partial charge in [0.05, 0.1) is 5.69 Å². The van der Waals surface area contributed by atoms with Crippen LogP contribution in [0.15, 0.2) is 73.3 Å². The molecule has 2 aromatic heterocycles. The quantitative estimate of drug-likeness (QED) is 0.617. The number of tetrazole rings is 1. The van der Waals surface area contributed by atoms with Gasteiger partial charge in [-0.3, -0.25) is 4.79 Å². The fourth-order valence-corrected chi connectivity index (χ4v) is 2.76. The summed E-state index contributed by atoms with van der Waals surface area (Å²) in [6.45, 7) is 1.94. The smallest absolute Gasteiger partial charge is 0.255 e. The highest BCUT2D eigenvalue weighted by molar-refractivity contribution is 6.04. The molecule has 0 aliphatic carbocycles. The molecule has 7 heteroatoms. The van der Waals surface area contributed by atoms with Crippen molar-refractivity contribution in [1.29, 1.82) is 0 Å². The average molecular weight is 344 g/mol. The largest absolute Gasteiger partial charge is 0.324 e. The first-order valence-corrected chi connectivity index (χ1v) is 8.09. The van der Waals surface area contributed by atoms with Crippen LogP contribution in [-0.2, 0) is 0 Å². The van der Waals surface area contributed by atoms with Gasteiger partial charge in [0.1, 0.15) is 6.33 Å². The molecule has 0 spiro atoms. The lowest BCUT2D eigenvalue weighted by molar-refractivity contribution is 0.102. The van der Waals surface area contributed by atoms with Crippen LogP contribution in [0.3, 0.4) is 0 Å². The van der Waals surface area contributed by atoms with Crippen LogP contribution in [0.25, 0.3) is 11.4 Å². The van der Waals surface area contributed by atoms with E-state index in [1.807, 2.05) is 78.5 Å². The van der Waals surface area contributed by atoms with Crippen LogP contribution in [0.5, 0.6) is 0 Å². The van der Waals surface area contributed by atoms with Crippen LogP contribution < -0.4 is 5.32 Å². The first kappa shape index (κ1) is 15.8. The lowest BCUT2D eigenvalue weighted by Crippen LogP contribution is -2.12. The van der Waals surface area contributed by atoms with E-state index in [1.54, 1.807) is 4.68 Å². The van der Waals surface area contributed by atoms with Crippen molar-refractivity contribution in [3.63, 3.8) is 0 Å². The maximum Gasteiger partial charge on any atom is 0.255 e. The Hall–Kier alpha value is -3.74. The van der Waals surface area contributed by atoms with Crippen LogP contribution in [-0.4, -0.2) is 30.7 Å². The molecule has 0 aliphatic rings. The van der Waals surface area contributed by atoms with Gasteiger partial charge in [0.2, 0.25) is 0 Å². The summed E-state index contributed by atoms with van der Waals surface area (Å²) in [4.78, 5) is 12.5. The van der Waals surface area contributed by atoms with Crippen molar-refractivity contribution >= 4 is 11.6 Å². The number of carbonyl (C=O) groups is 1. The van der Waals surface area contributed by atoms with E-state index in [1.165, 1.54) is 6.33 Å². The Kier molecular flexibility index (Phi) is 4.03. The molecule has 128 valence electrons. The maximum absolute atomic E-state index is 12.5. The van der Waals surface area contributed by atoms with E-state index < -0.39 is 0 Å². The monoisotopic (exact) mass is 344 g/mol. The fourth-order valence-electron chi connectivity index (χ4n) is 2.76. The Balaban J connectivity index is 1.50. The van der Waals surface area contributed by atoms with Gasteiger partial charge in [-0.1, -0.05) is 0 Å². The molecule has 2 heterocycles. The molecule has 1 N–H and O–H groups in total. The number of benzene rings is 2. The third-order valence-electron chi connectivity index (χ3n) is 4.08. The number of rotatable bonds is 4. The summed E-state index contributed by atoms with van der Waals surface area (Å²) in [6.07, 6.45) is 5.46. The van der Waals surface area contributed by atoms with Crippen LogP contribution >= 0.6 is 0 Å². The van der Waals surface area contributed by atoms with Crippen molar-refractivity contribution in [3.05, 3.63) is 84.4 Å². The predicted molar refractivity (Wildman–Crippen MR) is 97.6 cm³/mol. The normalized spacial score (nSPS) is 10.7. The summed E-state index contributed by atoms with van der Waals surface area (Å²) in [5, 5.41) is 14.1. The lowest BCUT2D eigenvalue weighted by atomic mass is 10.1. The second-order valence-electron chi connectivity index (χ2n) is 5.85. The molecule has 0 aliphatic heterocycles. The van der Waals surface area contributed by atoms with E-state index in [4.69, 9.17) is 0 Å². The summed E-state index contributed by atoms with van der Waals surface area (Å²) in [5.74, 6) is -0.154. The van der Waals surface area contributed by atoms with E-state index in [9.17, 15) is 4.79 Å². The van der Waals surface area contributed by atoms with Crippen LogP contribution in [0.1, 0.15) is 15.9 Å². The summed E-state index contributed by atoms with van der Waals surface area (Å²) in [7, 11) is 0. The third-order valence-corrected chi connectivity index (χ3v) is 4.08. The molecule has 7 nitrogen and oxygen atoms in total. The second-order valence-corrected chi connectivity index (χ2v) is 5.85. The van der Waals surface area contributed by atoms with Gasteiger partial charge in [-0.15, -0.1) is 5.10 Å². The summed E-state index contributed by atoms with van der Waals surface area (Å²) in [5.41, 5.74) is 4.15. The Morgan fingerprint density at radius 3 is 2.46 bits per heavy atom. The highest BCUT2D eigenvalue weighted by Crippen LogP contribution is 2.19. The van der Waals surface area contributed by atoms with Crippen molar-refractivity contribution in [2.75, 3.05) is 5.32 Å². The molecule has 26 heavy (non-hydrogen) atoms. The molecule has 0 saturated heterocycles. The average Bonchev–Trinajstić information content (AvgIpc) is 3.36. The van der Waals surface area contributed by atoms with Gasteiger partial charge < -0.3 is 9.88 Å². The number of aromatic nitrogens is 5. The first-order chi connectivity index (χ1) is 12.7. The van der Waals surface area contributed by atoms with Crippen molar-refractivity contribution in [3.8, 4) is 11.4 Å². The van der Waals surface area contributed by atoms with E-state index in [0.717, 1.165) is 22.6 Å². The first-order valence-electron chi connectivity index (χ1n) is 8.09. The van der Waals surface area contributed by atoms with E-state index in [-0.39, 0.29) is 5.91 Å². The van der Waals surface area contributed by atoms with Gasteiger partial charge in [0, 0.05) is 29.3 Å². The molecule has 0 radical (unpaired) electrons. The van der Waals surface area contributed by atoms with E-state index >= 15 is 0 Å². The molecule has 0 unspecified atom stereocenters. The fraction of sp³-hybridized carbons (Fsp3) is 0.0526. The predicted octanol–water partition coefficient (Wildman–Crippen LogP) is 3.01. The molecule has 0 fully saturated rings. The van der Waals surface area contributed by atoms with Gasteiger partial charge in [-0.25, -0.2) is 4.68 Å². The lowest BCUT2D eigenvalue weighted by Gasteiger charge is -2.10. The minimum atomic E-state index is -0.154. The number of nitrogens with one attached hydrogen (secondary N) is 1. The van der Waals surface area contributed by atoms with Crippen LogP contribution in [0, 0.1) is 6.92 Å². The van der Waals surface area contributed by atoms with Gasteiger partial charge in [-0.05, 0) is 77.5 Å². The Morgan fingerprint density at radius 1 is 1.04 bits per heavy atom. The minimum Gasteiger partial charge on any atom is -0.324 e. The van der Waals surface area contributed by atoms with Crippen LogP contribution in [0.4, 0.5) is 5.69 Å². The Morgan fingerprint density at radius 2 is 1.81 bits per heavy atom. The Labute approximate surface area is 149 Å². The molecular formula is C19H16N6O. The zero-order valence-electron chi connectivity index (χ0n) is 14.1. The zero-order valence-corrected chi connectivity index (χ0v) is 14.1. The highest BCUT2D eigenvalue weighted by atomic mass is 16.1. The molecule has 0 atom stereocenters. The van der Waals surface area contributed by atoms with Crippen molar-refractivity contribution in [2.24, 2.45) is 0 Å². The van der Waals surface area contributed by atoms with Crippen LogP contribution in [0.2, 0.25) is 0 Å². The number of carbonyl (C=O) groups excluding carboxylic acids is 1. The zero-order chi connectivity index (χ0) is 17.9.